The van der Waals surface area contributed by atoms with Crippen molar-refractivity contribution in [3.05, 3.63) is 35.6 Å². The Morgan fingerprint density at radius 3 is 3.00 bits per heavy atom. The van der Waals surface area contributed by atoms with Crippen LogP contribution in [0.2, 0.25) is 0 Å². The molecule has 0 aliphatic carbocycles. The number of fused-ring (bicyclic) bond motifs is 1. The summed E-state index contributed by atoms with van der Waals surface area (Å²) in [6, 6.07) is 5.86. The van der Waals surface area contributed by atoms with Crippen molar-refractivity contribution in [1.82, 2.24) is 9.78 Å². The lowest BCUT2D eigenvalue weighted by atomic mass is 9.98. The van der Waals surface area contributed by atoms with Gasteiger partial charge in [0.15, 0.2) is 24.0 Å². The summed E-state index contributed by atoms with van der Waals surface area (Å²) in [7, 11) is 1.68. The van der Waals surface area contributed by atoms with Gasteiger partial charge in [-0.05, 0) is 18.6 Å². The Bertz CT molecular complexity index is 803. The Kier molecular flexibility index (Phi) is 4.20. The molecule has 7 nitrogen and oxygen atoms in total. The molecule has 0 fully saturated rings. The van der Waals surface area contributed by atoms with Gasteiger partial charge in [-0.15, -0.1) is 0 Å². The van der Waals surface area contributed by atoms with Gasteiger partial charge in [0.05, 0.1) is 0 Å². The fourth-order valence-corrected chi connectivity index (χ4v) is 2.53. The summed E-state index contributed by atoms with van der Waals surface area (Å²) >= 11 is 0. The van der Waals surface area contributed by atoms with Gasteiger partial charge in [0.1, 0.15) is 5.82 Å². The zero-order valence-electron chi connectivity index (χ0n) is 13.3. The maximum Gasteiger partial charge on any atom is 0.263 e. The zero-order valence-corrected chi connectivity index (χ0v) is 13.3. The number of rotatable bonds is 4. The van der Waals surface area contributed by atoms with E-state index in [1.54, 1.807) is 20.0 Å². The first-order valence-electron chi connectivity index (χ1n) is 7.49. The minimum absolute atomic E-state index is 0.0107. The molecule has 0 saturated carbocycles. The number of carbonyl (C=O) groups is 2. The number of halogens is 1. The highest BCUT2D eigenvalue weighted by Crippen LogP contribution is 2.30. The van der Waals surface area contributed by atoms with E-state index in [9.17, 15) is 14.0 Å². The van der Waals surface area contributed by atoms with Gasteiger partial charge in [0, 0.05) is 18.5 Å². The first kappa shape index (κ1) is 16.0. The summed E-state index contributed by atoms with van der Waals surface area (Å²) in [4.78, 5) is 23.8. The van der Waals surface area contributed by atoms with Crippen molar-refractivity contribution in [1.29, 1.82) is 0 Å². The second-order valence-electron chi connectivity index (χ2n) is 5.66. The van der Waals surface area contributed by atoms with Gasteiger partial charge in [-0.2, -0.15) is 5.10 Å². The molecule has 0 saturated heterocycles. The van der Waals surface area contributed by atoms with Crippen LogP contribution in [-0.4, -0.2) is 28.2 Å². The van der Waals surface area contributed by atoms with Gasteiger partial charge in [-0.3, -0.25) is 14.3 Å². The largest absolute Gasteiger partial charge is 0.481 e. The van der Waals surface area contributed by atoms with E-state index in [0.717, 1.165) is 5.56 Å². The standard InChI is InChI=1S/C16H17FN4O3/c1-9-7-10-14(20-21(2)15(10)19-16(9)23)18-13(22)8-24-12-6-4-3-5-11(12)17/h3-6,9H,7-8H2,1-2H3,(H,19,23)(H,18,20,22)/t9-/m0/s1. The molecular formula is C16H17FN4O3. The molecule has 0 radical (unpaired) electrons. The molecular weight excluding hydrogens is 315 g/mol. The van der Waals surface area contributed by atoms with Crippen LogP contribution in [0.5, 0.6) is 5.75 Å². The molecule has 8 heteroatoms. The number of benzene rings is 1. The molecule has 1 aromatic carbocycles. The lowest BCUT2D eigenvalue weighted by molar-refractivity contribution is -0.119. The highest BCUT2D eigenvalue weighted by molar-refractivity contribution is 5.98. The molecule has 2 amide bonds. The molecule has 0 unspecified atom stereocenters. The smallest absolute Gasteiger partial charge is 0.263 e. The number of anilines is 2. The normalized spacial score (nSPS) is 16.3. The van der Waals surface area contributed by atoms with Crippen LogP contribution in [0.25, 0.3) is 0 Å². The third-order valence-corrected chi connectivity index (χ3v) is 3.80. The third-order valence-electron chi connectivity index (χ3n) is 3.80. The van der Waals surface area contributed by atoms with Crippen LogP contribution < -0.4 is 15.4 Å². The number of hydrogen-bond acceptors (Lipinski definition) is 4. The molecule has 2 aromatic rings. The van der Waals surface area contributed by atoms with Crippen molar-refractivity contribution in [2.45, 2.75) is 13.3 Å². The first-order valence-corrected chi connectivity index (χ1v) is 7.49. The quantitative estimate of drug-likeness (QED) is 0.892. The number of ether oxygens (including phenoxy) is 1. The molecule has 1 aromatic heterocycles. The lowest BCUT2D eigenvalue weighted by Crippen LogP contribution is -2.29. The Morgan fingerprint density at radius 2 is 2.25 bits per heavy atom. The first-order chi connectivity index (χ1) is 11.5. The van der Waals surface area contributed by atoms with Crippen LogP contribution in [0.1, 0.15) is 12.5 Å². The highest BCUT2D eigenvalue weighted by Gasteiger charge is 2.29. The second kappa shape index (κ2) is 6.31. The van der Waals surface area contributed by atoms with Crippen molar-refractivity contribution in [2.24, 2.45) is 13.0 Å². The number of nitrogens with zero attached hydrogens (tertiary/aromatic N) is 2. The van der Waals surface area contributed by atoms with Crippen LogP contribution >= 0.6 is 0 Å². The number of para-hydroxylation sites is 1. The van der Waals surface area contributed by atoms with Crippen LogP contribution in [0.3, 0.4) is 0 Å². The van der Waals surface area contributed by atoms with E-state index in [1.807, 2.05) is 0 Å². The summed E-state index contributed by atoms with van der Waals surface area (Å²) in [5.41, 5.74) is 0.767. The molecule has 1 aliphatic heterocycles. The summed E-state index contributed by atoms with van der Waals surface area (Å²) in [6.07, 6.45) is 0.485. The molecule has 2 N–H and O–H groups in total. The average Bonchev–Trinajstić information content (AvgIpc) is 2.83. The topological polar surface area (TPSA) is 85.2 Å². The molecule has 1 atom stereocenters. The van der Waals surface area contributed by atoms with Crippen molar-refractivity contribution >= 4 is 23.5 Å². The minimum atomic E-state index is -0.531. The number of aryl methyl sites for hydroxylation is 1. The van der Waals surface area contributed by atoms with Crippen LogP contribution in [-0.2, 0) is 23.1 Å². The number of aromatic nitrogens is 2. The molecule has 2 heterocycles. The number of hydrogen-bond donors (Lipinski definition) is 2. The van der Waals surface area contributed by atoms with E-state index in [-0.39, 0.29) is 24.2 Å². The van der Waals surface area contributed by atoms with Crippen molar-refractivity contribution in [2.75, 3.05) is 17.2 Å². The monoisotopic (exact) mass is 332 g/mol. The molecule has 3 rings (SSSR count). The molecule has 1 aliphatic rings. The molecule has 0 bridgehead atoms. The molecule has 126 valence electrons. The van der Waals surface area contributed by atoms with Crippen LogP contribution in [0.15, 0.2) is 24.3 Å². The number of amides is 2. The Hall–Kier alpha value is -2.90. The number of carbonyl (C=O) groups excluding carboxylic acids is 2. The Balaban J connectivity index is 1.68. The molecule has 24 heavy (non-hydrogen) atoms. The van der Waals surface area contributed by atoms with Crippen molar-refractivity contribution in [3.8, 4) is 5.75 Å². The van der Waals surface area contributed by atoms with Crippen molar-refractivity contribution in [3.63, 3.8) is 0 Å². The van der Waals surface area contributed by atoms with Crippen molar-refractivity contribution < 1.29 is 18.7 Å². The summed E-state index contributed by atoms with van der Waals surface area (Å²) in [5.74, 6) is -0.305. The highest BCUT2D eigenvalue weighted by atomic mass is 19.1. The predicted octanol–water partition coefficient (Wildman–Crippen LogP) is 1.71. The third kappa shape index (κ3) is 3.08. The fraction of sp³-hybridized carbons (Fsp3) is 0.312. The van der Waals surface area contributed by atoms with E-state index in [1.165, 1.54) is 22.9 Å². The maximum atomic E-state index is 13.5. The summed E-state index contributed by atoms with van der Waals surface area (Å²) < 4.78 is 20.1. The van der Waals surface area contributed by atoms with E-state index in [4.69, 9.17) is 4.74 Å². The van der Waals surface area contributed by atoms with Crippen LogP contribution in [0, 0.1) is 11.7 Å². The van der Waals surface area contributed by atoms with Gasteiger partial charge < -0.3 is 15.4 Å². The predicted molar refractivity (Wildman–Crippen MR) is 85.2 cm³/mol. The second-order valence-corrected chi connectivity index (χ2v) is 5.66. The average molecular weight is 332 g/mol. The van der Waals surface area contributed by atoms with E-state index >= 15 is 0 Å². The zero-order chi connectivity index (χ0) is 17.3. The SMILES string of the molecule is C[C@H]1Cc2c(NC(=O)COc3ccccc3F)nn(C)c2NC1=O. The number of nitrogens with one attached hydrogen (secondary N) is 2. The van der Waals surface area contributed by atoms with Gasteiger partial charge in [0.25, 0.3) is 5.91 Å². The van der Waals surface area contributed by atoms with Gasteiger partial charge in [0.2, 0.25) is 5.91 Å². The van der Waals surface area contributed by atoms with Gasteiger partial charge in [-0.25, -0.2) is 4.39 Å². The summed E-state index contributed by atoms with van der Waals surface area (Å²) in [6.45, 7) is 1.46. The maximum absolute atomic E-state index is 13.5. The fourth-order valence-electron chi connectivity index (χ4n) is 2.53. The Morgan fingerprint density at radius 1 is 1.50 bits per heavy atom. The van der Waals surface area contributed by atoms with E-state index in [2.05, 4.69) is 15.7 Å². The van der Waals surface area contributed by atoms with E-state index < -0.39 is 11.7 Å². The Labute approximate surface area is 137 Å². The van der Waals surface area contributed by atoms with Crippen LogP contribution in [0.4, 0.5) is 16.0 Å². The summed E-state index contributed by atoms with van der Waals surface area (Å²) in [5, 5.41) is 9.63. The van der Waals surface area contributed by atoms with Gasteiger partial charge in [-0.1, -0.05) is 19.1 Å². The van der Waals surface area contributed by atoms with E-state index in [0.29, 0.717) is 18.1 Å². The van der Waals surface area contributed by atoms with Gasteiger partial charge >= 0.3 is 0 Å². The minimum Gasteiger partial charge on any atom is -0.481 e. The molecule has 0 spiro atoms. The lowest BCUT2D eigenvalue weighted by Gasteiger charge is -2.19.